The van der Waals surface area contributed by atoms with Crippen molar-refractivity contribution in [1.29, 1.82) is 0 Å². The van der Waals surface area contributed by atoms with E-state index in [2.05, 4.69) is 21.2 Å². The molecule has 1 aliphatic rings. The third-order valence-electron chi connectivity index (χ3n) is 5.90. The number of amides is 3. The van der Waals surface area contributed by atoms with Crippen LogP contribution in [-0.2, 0) is 6.42 Å². The van der Waals surface area contributed by atoms with E-state index in [0.717, 1.165) is 16.3 Å². The fourth-order valence-corrected chi connectivity index (χ4v) is 4.32. The molecule has 2 heterocycles. The van der Waals surface area contributed by atoms with Crippen molar-refractivity contribution in [2.45, 2.75) is 12.6 Å². The third kappa shape index (κ3) is 4.64. The summed E-state index contributed by atoms with van der Waals surface area (Å²) in [6.45, 7) is 0. The molecular weight excluding hydrogens is 474 g/mol. The summed E-state index contributed by atoms with van der Waals surface area (Å²) < 4.78 is 0. The zero-order valence-electron chi connectivity index (χ0n) is 19.0. The Hall–Kier alpha value is -4.63. The summed E-state index contributed by atoms with van der Waals surface area (Å²) in [7, 11) is 0. The molecule has 5 rings (SSSR count). The first-order valence-electron chi connectivity index (χ1n) is 11.2. The zero-order valence-corrected chi connectivity index (χ0v) is 19.8. The number of hydrogen-bond acceptors (Lipinski definition) is 5. The molecule has 1 atom stereocenters. The summed E-state index contributed by atoms with van der Waals surface area (Å²) in [5.41, 5.74) is 7.28. The first-order chi connectivity index (χ1) is 17.5. The number of aromatic nitrogens is 1. The monoisotopic (exact) mass is 495 g/mol. The molecule has 0 saturated heterocycles. The molecule has 0 aliphatic carbocycles. The van der Waals surface area contributed by atoms with Crippen LogP contribution in [0.4, 0.5) is 0 Å². The van der Waals surface area contributed by atoms with Crippen LogP contribution in [0.25, 0.3) is 10.8 Å². The quantitative estimate of drug-likeness (QED) is 0.222. The molecule has 178 valence electrons. The number of thiocarbonyl (C=S) groups is 1. The molecule has 1 aliphatic heterocycles. The minimum Gasteiger partial charge on any atom is -0.340 e. The number of nitrogens with zero attached hydrogens (tertiary/aromatic N) is 2. The van der Waals surface area contributed by atoms with E-state index in [4.69, 9.17) is 12.2 Å². The minimum absolute atomic E-state index is 0.0610. The van der Waals surface area contributed by atoms with Crippen LogP contribution in [0, 0.1) is 0 Å². The fourth-order valence-electron chi connectivity index (χ4n) is 4.13. The van der Waals surface area contributed by atoms with Crippen molar-refractivity contribution in [3.63, 3.8) is 0 Å². The highest BCUT2D eigenvalue weighted by atomic mass is 32.1. The standard InChI is InChI=1S/C27H21N5O3S/c33-24(19-10-11-20-16-28-13-12-18(20)15-19)30-31-27(36)29-23(14-17-6-2-1-3-7-17)32-25(34)21-8-4-5-9-22(21)26(32)35/h1-13,15-16,23H,14H2,(H,30,33)(H2,29,31,36). The van der Waals surface area contributed by atoms with E-state index in [1.807, 2.05) is 42.5 Å². The van der Waals surface area contributed by atoms with E-state index in [9.17, 15) is 14.4 Å². The molecule has 9 heteroatoms. The Morgan fingerprint density at radius 1 is 0.861 bits per heavy atom. The normalized spacial score (nSPS) is 13.3. The van der Waals surface area contributed by atoms with Gasteiger partial charge in [0.25, 0.3) is 17.7 Å². The Balaban J connectivity index is 1.30. The Morgan fingerprint density at radius 2 is 1.56 bits per heavy atom. The number of carbonyl (C=O) groups excluding carboxylic acids is 3. The molecule has 0 bridgehead atoms. The molecule has 0 fully saturated rings. The number of nitrogens with one attached hydrogen (secondary N) is 3. The van der Waals surface area contributed by atoms with E-state index in [-0.39, 0.29) is 5.11 Å². The smallest absolute Gasteiger partial charge is 0.269 e. The van der Waals surface area contributed by atoms with Crippen molar-refractivity contribution in [2.75, 3.05) is 0 Å². The van der Waals surface area contributed by atoms with E-state index in [1.165, 1.54) is 4.90 Å². The average molecular weight is 496 g/mol. The number of pyridine rings is 1. The van der Waals surface area contributed by atoms with E-state index in [0.29, 0.717) is 23.1 Å². The average Bonchev–Trinajstić information content (AvgIpc) is 3.17. The molecule has 4 aromatic rings. The predicted octanol–water partition coefficient (Wildman–Crippen LogP) is 3.21. The van der Waals surface area contributed by atoms with Crippen LogP contribution in [0.15, 0.2) is 91.3 Å². The number of fused-ring (bicyclic) bond motifs is 2. The van der Waals surface area contributed by atoms with E-state index >= 15 is 0 Å². The van der Waals surface area contributed by atoms with Crippen LogP contribution in [0.3, 0.4) is 0 Å². The Kier molecular flexibility index (Phi) is 6.38. The second-order valence-corrected chi connectivity index (χ2v) is 8.63. The van der Waals surface area contributed by atoms with Gasteiger partial charge in [0.15, 0.2) is 5.11 Å². The first-order valence-corrected chi connectivity index (χ1v) is 11.6. The maximum Gasteiger partial charge on any atom is 0.269 e. The van der Waals surface area contributed by atoms with E-state index < -0.39 is 23.9 Å². The number of imide groups is 1. The highest BCUT2D eigenvalue weighted by Crippen LogP contribution is 2.25. The third-order valence-corrected chi connectivity index (χ3v) is 6.12. The van der Waals surface area contributed by atoms with Gasteiger partial charge in [-0.2, -0.15) is 0 Å². The van der Waals surface area contributed by atoms with Crippen LogP contribution < -0.4 is 16.2 Å². The molecular formula is C27H21N5O3S. The molecule has 8 nitrogen and oxygen atoms in total. The van der Waals surface area contributed by atoms with Crippen molar-refractivity contribution >= 4 is 45.8 Å². The number of benzene rings is 3. The molecule has 1 unspecified atom stereocenters. The maximum absolute atomic E-state index is 13.1. The molecule has 0 spiro atoms. The molecule has 36 heavy (non-hydrogen) atoms. The van der Waals surface area contributed by atoms with Gasteiger partial charge in [-0.15, -0.1) is 0 Å². The fraction of sp³-hybridized carbons (Fsp3) is 0.0741. The van der Waals surface area contributed by atoms with Crippen molar-refractivity contribution in [3.05, 3.63) is 114 Å². The summed E-state index contributed by atoms with van der Waals surface area (Å²) in [5.74, 6) is -1.19. The largest absolute Gasteiger partial charge is 0.340 e. The van der Waals surface area contributed by atoms with Gasteiger partial charge in [0.2, 0.25) is 0 Å². The molecule has 0 saturated carbocycles. The lowest BCUT2D eigenvalue weighted by atomic mass is 10.1. The van der Waals surface area contributed by atoms with Gasteiger partial charge < -0.3 is 5.32 Å². The lowest BCUT2D eigenvalue weighted by Gasteiger charge is -2.28. The van der Waals surface area contributed by atoms with E-state index in [1.54, 1.807) is 48.8 Å². The van der Waals surface area contributed by atoms with Crippen LogP contribution in [0.1, 0.15) is 36.6 Å². The van der Waals surface area contributed by atoms with Gasteiger partial charge in [-0.25, -0.2) is 0 Å². The highest BCUT2D eigenvalue weighted by Gasteiger charge is 2.40. The predicted molar refractivity (Wildman–Crippen MR) is 139 cm³/mol. The SMILES string of the molecule is O=C(NNC(=S)NC(Cc1ccccc1)N1C(=O)c2ccccc2C1=O)c1ccc2cnccc2c1. The summed E-state index contributed by atoms with van der Waals surface area (Å²) in [6.07, 6.45) is 2.93. The molecule has 3 N–H and O–H groups in total. The lowest BCUT2D eigenvalue weighted by molar-refractivity contribution is 0.0569. The molecule has 1 aromatic heterocycles. The van der Waals surface area contributed by atoms with Gasteiger partial charge in [-0.1, -0.05) is 48.5 Å². The van der Waals surface area contributed by atoms with Crippen molar-refractivity contribution in [1.82, 2.24) is 26.1 Å². The van der Waals surface area contributed by atoms with Crippen molar-refractivity contribution < 1.29 is 14.4 Å². The summed E-state index contributed by atoms with van der Waals surface area (Å²) in [6, 6.07) is 23.2. The minimum atomic E-state index is -0.773. The van der Waals surface area contributed by atoms with Gasteiger partial charge in [-0.3, -0.25) is 35.1 Å². The van der Waals surface area contributed by atoms with Gasteiger partial charge in [0.1, 0.15) is 6.17 Å². The number of carbonyl (C=O) groups is 3. The second-order valence-electron chi connectivity index (χ2n) is 8.22. The van der Waals surface area contributed by atoms with Gasteiger partial charge in [0.05, 0.1) is 11.1 Å². The summed E-state index contributed by atoms with van der Waals surface area (Å²) in [4.78, 5) is 44.1. The van der Waals surface area contributed by atoms with Gasteiger partial charge >= 0.3 is 0 Å². The van der Waals surface area contributed by atoms with Crippen molar-refractivity contribution in [3.8, 4) is 0 Å². The van der Waals surface area contributed by atoms with Crippen LogP contribution in [0.5, 0.6) is 0 Å². The Morgan fingerprint density at radius 3 is 2.28 bits per heavy atom. The maximum atomic E-state index is 13.1. The molecule has 3 amide bonds. The molecule has 0 radical (unpaired) electrons. The van der Waals surface area contributed by atoms with Crippen LogP contribution in [0.2, 0.25) is 0 Å². The summed E-state index contributed by atoms with van der Waals surface area (Å²) >= 11 is 5.40. The Labute approximate surface area is 212 Å². The summed E-state index contributed by atoms with van der Waals surface area (Å²) in [5, 5.41) is 4.88. The number of hydrogen-bond donors (Lipinski definition) is 3. The highest BCUT2D eigenvalue weighted by molar-refractivity contribution is 7.80. The van der Waals surface area contributed by atoms with Gasteiger partial charge in [0, 0.05) is 29.8 Å². The number of hydrazine groups is 1. The van der Waals surface area contributed by atoms with Gasteiger partial charge in [-0.05, 0) is 53.5 Å². The van der Waals surface area contributed by atoms with Crippen LogP contribution in [-0.4, -0.2) is 38.9 Å². The second kappa shape index (κ2) is 9.93. The first kappa shape index (κ1) is 23.1. The topological polar surface area (TPSA) is 103 Å². The molecule has 3 aromatic carbocycles. The van der Waals surface area contributed by atoms with Crippen LogP contribution >= 0.6 is 12.2 Å². The van der Waals surface area contributed by atoms with Crippen molar-refractivity contribution in [2.24, 2.45) is 0 Å². The zero-order chi connectivity index (χ0) is 25.1. The number of rotatable bonds is 5. The Bertz CT molecular complexity index is 1460. The lowest BCUT2D eigenvalue weighted by Crippen LogP contribution is -2.56.